The van der Waals surface area contributed by atoms with Gasteiger partial charge in [0.2, 0.25) is 0 Å². The molecule has 0 aliphatic heterocycles. The lowest BCUT2D eigenvalue weighted by Gasteiger charge is -2.09. The zero-order valence-corrected chi connectivity index (χ0v) is 10.8. The number of aliphatic hydroxyl groups is 1. The summed E-state index contributed by atoms with van der Waals surface area (Å²) >= 11 is 9.24. The van der Waals surface area contributed by atoms with Crippen molar-refractivity contribution in [3.05, 3.63) is 34.3 Å². The quantitative estimate of drug-likeness (QED) is 0.822. The van der Waals surface area contributed by atoms with Gasteiger partial charge in [-0.25, -0.2) is 4.79 Å². The van der Waals surface area contributed by atoms with Crippen LogP contribution in [-0.2, 0) is 11.2 Å². The summed E-state index contributed by atoms with van der Waals surface area (Å²) in [5, 5.41) is 19.2. The second kappa shape index (κ2) is 6.23. The molecule has 0 amide bonds. The number of carbonyl (C=O) groups is 1. The zero-order valence-electron chi connectivity index (χ0n) is 8.49. The van der Waals surface area contributed by atoms with E-state index in [1.54, 1.807) is 18.2 Å². The second-order valence-corrected chi connectivity index (χ2v) is 4.59. The van der Waals surface area contributed by atoms with Gasteiger partial charge in [-0.1, -0.05) is 39.7 Å². The third kappa shape index (κ3) is 3.47. The summed E-state index contributed by atoms with van der Waals surface area (Å²) in [7, 11) is 0. The minimum atomic E-state index is -1.56. The molecule has 0 fully saturated rings. The van der Waals surface area contributed by atoms with Gasteiger partial charge < -0.3 is 10.2 Å². The van der Waals surface area contributed by atoms with Crippen molar-refractivity contribution in [2.24, 2.45) is 0 Å². The van der Waals surface area contributed by atoms with E-state index in [1.165, 1.54) is 0 Å². The molecule has 0 spiro atoms. The van der Waals surface area contributed by atoms with Crippen LogP contribution in [0.15, 0.2) is 18.2 Å². The topological polar surface area (TPSA) is 57.5 Å². The van der Waals surface area contributed by atoms with Crippen LogP contribution in [0.1, 0.15) is 23.7 Å². The lowest BCUT2D eigenvalue weighted by Crippen LogP contribution is -2.11. The number of rotatable bonds is 5. The first-order valence-corrected chi connectivity index (χ1v) is 6.31. The van der Waals surface area contributed by atoms with E-state index < -0.39 is 12.1 Å². The van der Waals surface area contributed by atoms with Crippen molar-refractivity contribution < 1.29 is 15.0 Å². The lowest BCUT2D eigenvalue weighted by molar-refractivity contribution is -0.146. The molecule has 0 bridgehead atoms. The maximum Gasteiger partial charge on any atom is 0.337 e. The molecule has 3 nitrogen and oxygen atoms in total. The number of carboxylic acid groups (broad SMARTS) is 1. The Labute approximate surface area is 107 Å². The second-order valence-electron chi connectivity index (χ2n) is 3.39. The first-order valence-electron chi connectivity index (χ1n) is 4.81. The van der Waals surface area contributed by atoms with Gasteiger partial charge in [0.1, 0.15) is 0 Å². The Bertz CT molecular complexity index is 381. The Kier molecular flexibility index (Phi) is 5.25. The third-order valence-electron chi connectivity index (χ3n) is 2.19. The van der Waals surface area contributed by atoms with E-state index in [-0.39, 0.29) is 5.56 Å². The minimum Gasteiger partial charge on any atom is -0.479 e. The van der Waals surface area contributed by atoms with Crippen LogP contribution in [0.4, 0.5) is 0 Å². The molecule has 0 saturated carbocycles. The van der Waals surface area contributed by atoms with Crippen LogP contribution >= 0.6 is 27.5 Å². The molecule has 0 aliphatic carbocycles. The molecule has 1 rings (SSSR count). The number of alkyl halides is 1. The van der Waals surface area contributed by atoms with Gasteiger partial charge in [0, 0.05) is 15.9 Å². The Morgan fingerprint density at radius 3 is 2.69 bits per heavy atom. The normalized spacial score (nSPS) is 12.4. The van der Waals surface area contributed by atoms with Crippen LogP contribution in [0.3, 0.4) is 0 Å². The van der Waals surface area contributed by atoms with Crippen LogP contribution in [0.5, 0.6) is 0 Å². The molecule has 1 aromatic rings. The summed E-state index contributed by atoms with van der Waals surface area (Å²) in [4.78, 5) is 10.6. The first-order chi connectivity index (χ1) is 7.56. The summed E-state index contributed by atoms with van der Waals surface area (Å²) in [6, 6.07) is 5.05. The lowest BCUT2D eigenvalue weighted by atomic mass is 10.0. The number of hydrogen-bond donors (Lipinski definition) is 2. The van der Waals surface area contributed by atoms with Gasteiger partial charge in [-0.2, -0.15) is 0 Å². The molecule has 0 aromatic heterocycles. The number of aryl methyl sites for hydroxylation is 1. The van der Waals surface area contributed by atoms with Gasteiger partial charge in [-0.15, -0.1) is 0 Å². The number of hydrogen-bond acceptors (Lipinski definition) is 2. The predicted molar refractivity (Wildman–Crippen MR) is 66.2 cm³/mol. The van der Waals surface area contributed by atoms with Crippen LogP contribution in [0.2, 0.25) is 5.02 Å². The first kappa shape index (κ1) is 13.5. The Morgan fingerprint density at radius 1 is 1.50 bits per heavy atom. The summed E-state index contributed by atoms with van der Waals surface area (Å²) in [5.74, 6) is -1.30. The van der Waals surface area contributed by atoms with Gasteiger partial charge in [-0.05, 0) is 24.5 Å². The number of aliphatic carboxylic acids is 1. The molecule has 0 saturated heterocycles. The number of aliphatic hydroxyl groups excluding tert-OH is 1. The Balaban J connectivity index is 2.87. The minimum absolute atomic E-state index is 0.233. The van der Waals surface area contributed by atoms with Crippen LogP contribution in [0.25, 0.3) is 0 Å². The van der Waals surface area contributed by atoms with E-state index in [1.807, 2.05) is 0 Å². The number of benzene rings is 1. The molecule has 2 N–H and O–H groups in total. The summed E-state index contributed by atoms with van der Waals surface area (Å²) in [6.07, 6.45) is 0.295. The highest BCUT2D eigenvalue weighted by Gasteiger charge is 2.18. The van der Waals surface area contributed by atoms with Gasteiger partial charge in [-0.3, -0.25) is 0 Å². The SMILES string of the molecule is O=C(O)C(O)c1ccc(CCCBr)cc1Cl. The largest absolute Gasteiger partial charge is 0.479 e. The van der Waals surface area contributed by atoms with Crippen molar-refractivity contribution in [3.63, 3.8) is 0 Å². The van der Waals surface area contributed by atoms with E-state index in [2.05, 4.69) is 15.9 Å². The maximum absolute atomic E-state index is 10.6. The zero-order chi connectivity index (χ0) is 12.1. The molecule has 0 heterocycles. The average molecular weight is 308 g/mol. The fourth-order valence-electron chi connectivity index (χ4n) is 1.35. The average Bonchev–Trinajstić information content (AvgIpc) is 2.25. The van der Waals surface area contributed by atoms with Gasteiger partial charge in [0.15, 0.2) is 6.10 Å². The van der Waals surface area contributed by atoms with E-state index in [9.17, 15) is 9.90 Å². The van der Waals surface area contributed by atoms with Crippen LogP contribution in [0, 0.1) is 0 Å². The Morgan fingerprint density at radius 2 is 2.19 bits per heavy atom. The predicted octanol–water partition coefficient (Wildman–Crippen LogP) is 2.79. The van der Waals surface area contributed by atoms with E-state index in [0.29, 0.717) is 5.02 Å². The summed E-state index contributed by atoms with van der Waals surface area (Å²) in [6.45, 7) is 0. The number of carboxylic acids is 1. The standard InChI is InChI=1S/C11H12BrClO3/c12-5-1-2-7-3-4-8(9(13)6-7)10(14)11(15)16/h3-4,6,10,14H,1-2,5H2,(H,15,16). The molecular formula is C11H12BrClO3. The Hall–Kier alpha value is -0.580. The highest BCUT2D eigenvalue weighted by atomic mass is 79.9. The monoisotopic (exact) mass is 306 g/mol. The number of halogens is 2. The molecular weight excluding hydrogens is 295 g/mol. The summed E-state index contributed by atoms with van der Waals surface area (Å²) < 4.78 is 0. The van der Waals surface area contributed by atoms with Crippen LogP contribution in [-0.4, -0.2) is 21.5 Å². The van der Waals surface area contributed by atoms with E-state index >= 15 is 0 Å². The van der Waals surface area contributed by atoms with Crippen molar-refractivity contribution in [3.8, 4) is 0 Å². The van der Waals surface area contributed by atoms with Crippen molar-refractivity contribution in [2.75, 3.05) is 5.33 Å². The maximum atomic E-state index is 10.6. The van der Waals surface area contributed by atoms with Gasteiger partial charge in [0.25, 0.3) is 0 Å². The molecule has 1 unspecified atom stereocenters. The van der Waals surface area contributed by atoms with Crippen molar-refractivity contribution in [2.45, 2.75) is 18.9 Å². The highest BCUT2D eigenvalue weighted by molar-refractivity contribution is 9.09. The molecule has 0 aliphatic rings. The molecule has 88 valence electrons. The highest BCUT2D eigenvalue weighted by Crippen LogP contribution is 2.25. The van der Waals surface area contributed by atoms with Gasteiger partial charge in [0.05, 0.1) is 0 Å². The van der Waals surface area contributed by atoms with Crippen molar-refractivity contribution in [1.29, 1.82) is 0 Å². The van der Waals surface area contributed by atoms with E-state index in [0.717, 1.165) is 23.7 Å². The third-order valence-corrected chi connectivity index (χ3v) is 3.08. The van der Waals surface area contributed by atoms with Crippen molar-refractivity contribution >= 4 is 33.5 Å². The molecule has 16 heavy (non-hydrogen) atoms. The molecule has 1 atom stereocenters. The fraction of sp³-hybridized carbons (Fsp3) is 0.364. The fourth-order valence-corrected chi connectivity index (χ4v) is 1.94. The van der Waals surface area contributed by atoms with Crippen LogP contribution < -0.4 is 0 Å². The van der Waals surface area contributed by atoms with Crippen molar-refractivity contribution in [1.82, 2.24) is 0 Å². The van der Waals surface area contributed by atoms with Gasteiger partial charge >= 0.3 is 5.97 Å². The molecule has 5 heteroatoms. The summed E-state index contributed by atoms with van der Waals surface area (Å²) in [5.41, 5.74) is 1.27. The smallest absolute Gasteiger partial charge is 0.337 e. The molecule has 1 aromatic carbocycles. The van der Waals surface area contributed by atoms with E-state index in [4.69, 9.17) is 16.7 Å². The molecule has 0 radical (unpaired) electrons.